The Balaban J connectivity index is 1.78. The quantitative estimate of drug-likeness (QED) is 0.830. The van der Waals surface area contributed by atoms with Crippen molar-refractivity contribution in [1.29, 1.82) is 5.26 Å². The van der Waals surface area contributed by atoms with Crippen LogP contribution in [-0.4, -0.2) is 40.8 Å². The molecule has 1 aliphatic rings. The fourth-order valence-electron chi connectivity index (χ4n) is 2.78. The van der Waals surface area contributed by atoms with Gasteiger partial charge in [-0.25, -0.2) is 0 Å². The molecule has 0 bridgehead atoms. The van der Waals surface area contributed by atoms with Crippen LogP contribution in [0.5, 0.6) is 0 Å². The standard InChI is InChI=1S/C18H15ClN4O2/c1-12-10-23(16-4-2-13(7-20)3-5-16)17(24)11-22(12)18(25)14-6-15(19)9-21-8-14/h2-6,8-9,12H,10-11H2,1H3/t12-/m1/s1. The second kappa shape index (κ2) is 6.91. The highest BCUT2D eigenvalue weighted by atomic mass is 35.5. The topological polar surface area (TPSA) is 77.3 Å². The van der Waals surface area contributed by atoms with Crippen LogP contribution in [0, 0.1) is 11.3 Å². The number of nitrogens with zero attached hydrogens (tertiary/aromatic N) is 4. The van der Waals surface area contributed by atoms with E-state index in [1.807, 2.05) is 13.0 Å². The Bertz CT molecular complexity index is 860. The molecule has 126 valence electrons. The van der Waals surface area contributed by atoms with Gasteiger partial charge in [0.15, 0.2) is 0 Å². The van der Waals surface area contributed by atoms with Crippen molar-refractivity contribution in [3.05, 3.63) is 58.9 Å². The van der Waals surface area contributed by atoms with Gasteiger partial charge in [0.05, 0.1) is 22.2 Å². The third kappa shape index (κ3) is 3.47. The molecule has 0 unspecified atom stereocenters. The van der Waals surface area contributed by atoms with Gasteiger partial charge in [-0.15, -0.1) is 0 Å². The Hall–Kier alpha value is -2.91. The van der Waals surface area contributed by atoms with Gasteiger partial charge in [-0.1, -0.05) is 11.6 Å². The van der Waals surface area contributed by atoms with E-state index in [0.717, 1.165) is 0 Å². The van der Waals surface area contributed by atoms with Gasteiger partial charge in [-0.2, -0.15) is 5.26 Å². The van der Waals surface area contributed by atoms with Gasteiger partial charge in [0.2, 0.25) is 5.91 Å². The van der Waals surface area contributed by atoms with Crippen LogP contribution in [0.2, 0.25) is 5.02 Å². The van der Waals surface area contributed by atoms with Crippen LogP contribution in [0.3, 0.4) is 0 Å². The summed E-state index contributed by atoms with van der Waals surface area (Å²) in [6, 6.07) is 10.2. The second-order valence-corrected chi connectivity index (χ2v) is 6.27. The lowest BCUT2D eigenvalue weighted by Gasteiger charge is -2.39. The number of nitriles is 1. The lowest BCUT2D eigenvalue weighted by molar-refractivity contribution is -0.121. The molecule has 0 saturated carbocycles. The van der Waals surface area contributed by atoms with E-state index in [9.17, 15) is 9.59 Å². The minimum atomic E-state index is -0.268. The lowest BCUT2D eigenvalue weighted by Crippen LogP contribution is -2.57. The van der Waals surface area contributed by atoms with Crippen molar-refractivity contribution in [3.63, 3.8) is 0 Å². The van der Waals surface area contributed by atoms with Crippen LogP contribution in [0.4, 0.5) is 5.69 Å². The third-order valence-electron chi connectivity index (χ3n) is 4.11. The van der Waals surface area contributed by atoms with Crippen molar-refractivity contribution in [2.45, 2.75) is 13.0 Å². The van der Waals surface area contributed by atoms with E-state index in [4.69, 9.17) is 16.9 Å². The maximum atomic E-state index is 12.7. The van der Waals surface area contributed by atoms with Gasteiger partial charge in [0, 0.05) is 30.7 Å². The number of amides is 2. The molecule has 1 atom stereocenters. The summed E-state index contributed by atoms with van der Waals surface area (Å²) in [5.74, 6) is -0.443. The number of halogens is 1. The average molecular weight is 355 g/mol. The van der Waals surface area contributed by atoms with Crippen molar-refractivity contribution in [1.82, 2.24) is 9.88 Å². The molecule has 1 aliphatic heterocycles. The summed E-state index contributed by atoms with van der Waals surface area (Å²) in [7, 11) is 0. The van der Waals surface area contributed by atoms with E-state index in [-0.39, 0.29) is 24.4 Å². The number of rotatable bonds is 2. The van der Waals surface area contributed by atoms with Crippen molar-refractivity contribution in [3.8, 4) is 6.07 Å². The minimum Gasteiger partial charge on any atom is -0.325 e. The molecule has 0 aliphatic carbocycles. The SMILES string of the molecule is C[C@@H]1CN(c2ccc(C#N)cc2)C(=O)CN1C(=O)c1cncc(Cl)c1. The van der Waals surface area contributed by atoms with Crippen LogP contribution in [-0.2, 0) is 4.79 Å². The molecule has 1 saturated heterocycles. The number of benzene rings is 1. The molecule has 1 aromatic heterocycles. The van der Waals surface area contributed by atoms with Crippen LogP contribution in [0.25, 0.3) is 0 Å². The zero-order chi connectivity index (χ0) is 18.0. The number of anilines is 1. The van der Waals surface area contributed by atoms with Crippen molar-refractivity contribution in [2.24, 2.45) is 0 Å². The first-order valence-corrected chi connectivity index (χ1v) is 8.09. The summed E-state index contributed by atoms with van der Waals surface area (Å²) >= 11 is 5.89. The molecule has 7 heteroatoms. The first kappa shape index (κ1) is 16.9. The highest BCUT2D eigenvalue weighted by Gasteiger charge is 2.33. The molecule has 6 nitrogen and oxygen atoms in total. The van der Waals surface area contributed by atoms with Crippen LogP contribution < -0.4 is 4.90 Å². The maximum absolute atomic E-state index is 12.7. The van der Waals surface area contributed by atoms with Crippen LogP contribution in [0.1, 0.15) is 22.8 Å². The summed E-state index contributed by atoms with van der Waals surface area (Å²) < 4.78 is 0. The molecule has 0 spiro atoms. The fourth-order valence-corrected chi connectivity index (χ4v) is 2.96. The molecule has 0 N–H and O–H groups in total. The summed E-state index contributed by atoms with van der Waals surface area (Å²) in [6.45, 7) is 2.25. The number of hydrogen-bond donors (Lipinski definition) is 0. The van der Waals surface area contributed by atoms with Crippen molar-refractivity contribution in [2.75, 3.05) is 18.0 Å². The van der Waals surface area contributed by atoms with Crippen LogP contribution in [0.15, 0.2) is 42.7 Å². The molecule has 3 rings (SSSR count). The van der Waals surface area contributed by atoms with Gasteiger partial charge >= 0.3 is 0 Å². The molecule has 1 aromatic carbocycles. The molecular formula is C18H15ClN4O2. The molecular weight excluding hydrogens is 340 g/mol. The largest absolute Gasteiger partial charge is 0.325 e. The average Bonchev–Trinajstić information content (AvgIpc) is 2.63. The maximum Gasteiger partial charge on any atom is 0.256 e. The monoisotopic (exact) mass is 354 g/mol. The summed E-state index contributed by atoms with van der Waals surface area (Å²) in [5.41, 5.74) is 1.61. The molecule has 1 fully saturated rings. The second-order valence-electron chi connectivity index (χ2n) is 5.84. The molecule has 2 heterocycles. The minimum absolute atomic E-state index is 0.0213. The predicted molar refractivity (Wildman–Crippen MR) is 93.3 cm³/mol. The molecule has 25 heavy (non-hydrogen) atoms. The normalized spacial score (nSPS) is 17.3. The van der Waals surface area contributed by atoms with Gasteiger partial charge < -0.3 is 9.80 Å². The Labute approximate surface area is 150 Å². The summed E-state index contributed by atoms with van der Waals surface area (Å²) in [4.78, 5) is 32.3. The first-order valence-electron chi connectivity index (χ1n) is 7.71. The van der Waals surface area contributed by atoms with Crippen molar-refractivity contribution >= 4 is 29.1 Å². The highest BCUT2D eigenvalue weighted by molar-refractivity contribution is 6.30. The van der Waals surface area contributed by atoms with E-state index in [0.29, 0.717) is 28.4 Å². The number of piperazine rings is 1. The Morgan fingerprint density at radius 3 is 2.68 bits per heavy atom. The number of hydrogen-bond acceptors (Lipinski definition) is 4. The molecule has 2 amide bonds. The van der Waals surface area contributed by atoms with Gasteiger partial charge in [-0.05, 0) is 37.3 Å². The number of pyridine rings is 1. The van der Waals surface area contributed by atoms with E-state index < -0.39 is 0 Å². The van der Waals surface area contributed by atoms with E-state index >= 15 is 0 Å². The smallest absolute Gasteiger partial charge is 0.256 e. The van der Waals surface area contributed by atoms with Gasteiger partial charge in [-0.3, -0.25) is 14.6 Å². The summed E-state index contributed by atoms with van der Waals surface area (Å²) in [5, 5.41) is 9.24. The lowest BCUT2D eigenvalue weighted by atomic mass is 10.1. The summed E-state index contributed by atoms with van der Waals surface area (Å²) in [6.07, 6.45) is 2.90. The van der Waals surface area contributed by atoms with Crippen LogP contribution >= 0.6 is 11.6 Å². The Kier molecular flexibility index (Phi) is 4.68. The Morgan fingerprint density at radius 2 is 2.04 bits per heavy atom. The number of carbonyl (C=O) groups excluding carboxylic acids is 2. The zero-order valence-electron chi connectivity index (χ0n) is 13.5. The predicted octanol–water partition coefficient (Wildman–Crippen LogP) is 2.48. The van der Waals surface area contributed by atoms with Crippen molar-refractivity contribution < 1.29 is 9.59 Å². The third-order valence-corrected chi connectivity index (χ3v) is 4.31. The van der Waals surface area contributed by atoms with Gasteiger partial charge in [0.25, 0.3) is 5.91 Å². The van der Waals surface area contributed by atoms with E-state index in [1.165, 1.54) is 17.3 Å². The number of aromatic nitrogens is 1. The molecule has 0 radical (unpaired) electrons. The Morgan fingerprint density at radius 1 is 1.32 bits per heavy atom. The zero-order valence-corrected chi connectivity index (χ0v) is 14.3. The fraction of sp³-hybridized carbons (Fsp3) is 0.222. The highest BCUT2D eigenvalue weighted by Crippen LogP contribution is 2.22. The molecule has 2 aromatic rings. The van der Waals surface area contributed by atoms with E-state index in [2.05, 4.69) is 4.98 Å². The number of carbonyl (C=O) groups is 2. The van der Waals surface area contributed by atoms with Gasteiger partial charge in [0.1, 0.15) is 6.54 Å². The van der Waals surface area contributed by atoms with E-state index in [1.54, 1.807) is 35.2 Å². The first-order chi connectivity index (χ1) is 12.0.